The number of nitrogens with one attached hydrogen (secondary N) is 2. The fraction of sp³-hybridized carbons (Fsp3) is 0.571. The van der Waals surface area contributed by atoms with Crippen molar-refractivity contribution in [3.8, 4) is 0 Å². The molecule has 0 spiro atoms. The molecule has 120 valence electrons. The smallest absolute Gasteiger partial charge is 0.240 e. The molecule has 21 heavy (non-hydrogen) atoms. The maximum Gasteiger partial charge on any atom is 0.240 e. The minimum absolute atomic E-state index is 0.270. The Balaban J connectivity index is 2.97. The molecule has 2 N–H and O–H groups in total. The number of benzene rings is 1. The van der Waals surface area contributed by atoms with Crippen LogP contribution in [0.3, 0.4) is 0 Å². The van der Waals surface area contributed by atoms with Gasteiger partial charge in [-0.05, 0) is 55.2 Å². The summed E-state index contributed by atoms with van der Waals surface area (Å²) in [5.41, 5.74) is 1.66. The molecule has 1 aromatic rings. The van der Waals surface area contributed by atoms with E-state index in [0.717, 1.165) is 29.8 Å². The Morgan fingerprint density at radius 3 is 2.67 bits per heavy atom. The first kappa shape index (κ1) is 18.8. The number of thioether (sulfide) groups is 1. The van der Waals surface area contributed by atoms with Gasteiger partial charge in [0.2, 0.25) is 10.0 Å². The third-order valence-corrected chi connectivity index (χ3v) is 5.61. The lowest BCUT2D eigenvalue weighted by atomic mass is 10.1. The van der Waals surface area contributed by atoms with Crippen molar-refractivity contribution in [1.29, 1.82) is 0 Å². The first-order valence-electron chi connectivity index (χ1n) is 6.90. The summed E-state index contributed by atoms with van der Waals surface area (Å²) in [5.74, 6) is 0.933. The molecule has 0 fully saturated rings. The maximum atomic E-state index is 12.4. The molecular weight excluding hydrogens is 328 g/mol. The maximum absolute atomic E-state index is 12.4. The van der Waals surface area contributed by atoms with E-state index in [-0.39, 0.29) is 4.90 Å². The molecule has 0 amide bonds. The van der Waals surface area contributed by atoms with Gasteiger partial charge in [0.1, 0.15) is 0 Å². The number of halogens is 1. The minimum atomic E-state index is -3.51. The van der Waals surface area contributed by atoms with Gasteiger partial charge in [0.25, 0.3) is 0 Å². The quantitative estimate of drug-likeness (QED) is 0.672. The van der Waals surface area contributed by atoms with Crippen LogP contribution < -0.4 is 10.0 Å². The van der Waals surface area contributed by atoms with Crippen molar-refractivity contribution < 1.29 is 8.42 Å². The fourth-order valence-electron chi connectivity index (χ4n) is 1.93. The van der Waals surface area contributed by atoms with Crippen LogP contribution in [0.25, 0.3) is 0 Å². The predicted octanol–water partition coefficient (Wildman–Crippen LogP) is 2.79. The normalized spacial score (nSPS) is 11.8. The summed E-state index contributed by atoms with van der Waals surface area (Å²) >= 11 is 7.77. The SMILES string of the molecule is CCNCc1cc(Cl)cc(S(=O)(=O)NCCCSC)c1C. The van der Waals surface area contributed by atoms with Gasteiger partial charge in [0.05, 0.1) is 4.90 Å². The second-order valence-electron chi connectivity index (χ2n) is 4.71. The third kappa shape index (κ3) is 5.79. The highest BCUT2D eigenvalue weighted by Crippen LogP contribution is 2.24. The van der Waals surface area contributed by atoms with E-state index in [0.29, 0.717) is 18.1 Å². The first-order valence-corrected chi connectivity index (χ1v) is 10.2. The van der Waals surface area contributed by atoms with Crippen LogP contribution in [0, 0.1) is 6.92 Å². The standard InChI is InChI=1S/C14H23ClN2O2S2/c1-4-16-10-12-8-13(15)9-14(11(12)2)21(18,19)17-6-5-7-20-3/h8-9,16-17H,4-7,10H2,1-3H3. The van der Waals surface area contributed by atoms with Gasteiger partial charge < -0.3 is 5.32 Å². The Bertz CT molecular complexity index is 562. The Hall–Kier alpha value is -0.270. The van der Waals surface area contributed by atoms with Crippen molar-refractivity contribution in [3.63, 3.8) is 0 Å². The van der Waals surface area contributed by atoms with Gasteiger partial charge in [-0.15, -0.1) is 0 Å². The summed E-state index contributed by atoms with van der Waals surface area (Å²) in [4.78, 5) is 0.270. The number of hydrogen-bond donors (Lipinski definition) is 2. The topological polar surface area (TPSA) is 58.2 Å². The van der Waals surface area contributed by atoms with Crippen LogP contribution in [0.5, 0.6) is 0 Å². The second kappa shape index (κ2) is 9.00. The zero-order valence-corrected chi connectivity index (χ0v) is 15.1. The Morgan fingerprint density at radius 1 is 1.33 bits per heavy atom. The van der Waals surface area contributed by atoms with Crippen LogP contribution in [-0.2, 0) is 16.6 Å². The van der Waals surface area contributed by atoms with Crippen molar-refractivity contribution in [1.82, 2.24) is 10.0 Å². The Morgan fingerprint density at radius 2 is 2.05 bits per heavy atom. The van der Waals surface area contributed by atoms with Crippen LogP contribution in [0.2, 0.25) is 5.02 Å². The minimum Gasteiger partial charge on any atom is -0.313 e. The third-order valence-electron chi connectivity index (χ3n) is 3.10. The number of sulfonamides is 1. The predicted molar refractivity (Wildman–Crippen MR) is 91.8 cm³/mol. The molecule has 0 bridgehead atoms. The van der Waals surface area contributed by atoms with E-state index in [4.69, 9.17) is 11.6 Å². The van der Waals surface area contributed by atoms with Crippen LogP contribution in [0.1, 0.15) is 24.5 Å². The molecule has 7 heteroatoms. The van der Waals surface area contributed by atoms with E-state index < -0.39 is 10.0 Å². The van der Waals surface area contributed by atoms with Gasteiger partial charge in [-0.1, -0.05) is 18.5 Å². The summed E-state index contributed by atoms with van der Waals surface area (Å²) in [6.07, 6.45) is 2.81. The summed E-state index contributed by atoms with van der Waals surface area (Å²) in [7, 11) is -3.51. The van der Waals surface area contributed by atoms with Crippen molar-refractivity contribution >= 4 is 33.4 Å². The molecule has 1 rings (SSSR count). The molecule has 0 saturated carbocycles. The molecule has 0 unspecified atom stereocenters. The van der Waals surface area contributed by atoms with Crippen LogP contribution >= 0.6 is 23.4 Å². The molecule has 0 aromatic heterocycles. The van der Waals surface area contributed by atoms with Gasteiger partial charge in [0.15, 0.2) is 0 Å². The van der Waals surface area contributed by atoms with Gasteiger partial charge in [-0.25, -0.2) is 13.1 Å². The number of hydrogen-bond acceptors (Lipinski definition) is 4. The Kier molecular flexibility index (Phi) is 8.05. The zero-order chi connectivity index (χ0) is 15.9. The average Bonchev–Trinajstić information content (AvgIpc) is 2.44. The molecule has 0 aliphatic rings. The summed E-state index contributed by atoms with van der Waals surface area (Å²) in [6.45, 7) is 5.70. The van der Waals surface area contributed by atoms with E-state index in [2.05, 4.69) is 10.0 Å². The first-order chi connectivity index (χ1) is 9.92. The molecule has 0 aliphatic carbocycles. The lowest BCUT2D eigenvalue weighted by Gasteiger charge is -2.14. The van der Waals surface area contributed by atoms with Crippen LogP contribution in [0.4, 0.5) is 0 Å². The van der Waals surface area contributed by atoms with Gasteiger partial charge >= 0.3 is 0 Å². The number of rotatable bonds is 9. The lowest BCUT2D eigenvalue weighted by molar-refractivity contribution is 0.580. The van der Waals surface area contributed by atoms with Crippen molar-refractivity contribution in [3.05, 3.63) is 28.3 Å². The van der Waals surface area contributed by atoms with Crippen molar-refractivity contribution in [2.24, 2.45) is 0 Å². The van der Waals surface area contributed by atoms with Crippen molar-refractivity contribution in [2.45, 2.75) is 31.7 Å². The Labute approximate surface area is 137 Å². The van der Waals surface area contributed by atoms with E-state index in [1.807, 2.05) is 26.2 Å². The summed E-state index contributed by atoms with van der Waals surface area (Å²) < 4.78 is 27.4. The van der Waals surface area contributed by atoms with Crippen LogP contribution in [0.15, 0.2) is 17.0 Å². The largest absolute Gasteiger partial charge is 0.313 e. The molecule has 0 radical (unpaired) electrons. The van der Waals surface area contributed by atoms with E-state index >= 15 is 0 Å². The molecule has 0 aliphatic heterocycles. The molecule has 0 heterocycles. The molecule has 4 nitrogen and oxygen atoms in total. The second-order valence-corrected chi connectivity index (χ2v) is 7.87. The van der Waals surface area contributed by atoms with E-state index in [1.165, 1.54) is 6.07 Å². The highest BCUT2D eigenvalue weighted by molar-refractivity contribution is 7.98. The highest BCUT2D eigenvalue weighted by Gasteiger charge is 2.19. The summed E-state index contributed by atoms with van der Waals surface area (Å²) in [5, 5.41) is 3.64. The lowest BCUT2D eigenvalue weighted by Crippen LogP contribution is -2.26. The summed E-state index contributed by atoms with van der Waals surface area (Å²) in [6, 6.07) is 3.33. The van der Waals surface area contributed by atoms with Gasteiger partial charge in [-0.3, -0.25) is 0 Å². The monoisotopic (exact) mass is 350 g/mol. The molecular formula is C14H23ClN2O2S2. The zero-order valence-electron chi connectivity index (χ0n) is 12.7. The molecule has 0 saturated heterocycles. The van der Waals surface area contributed by atoms with Crippen molar-refractivity contribution in [2.75, 3.05) is 25.1 Å². The fourth-order valence-corrected chi connectivity index (χ4v) is 4.05. The molecule has 1 aromatic carbocycles. The van der Waals surface area contributed by atoms with E-state index in [1.54, 1.807) is 11.8 Å². The van der Waals surface area contributed by atoms with Gasteiger partial charge in [-0.2, -0.15) is 11.8 Å². The highest BCUT2D eigenvalue weighted by atomic mass is 35.5. The van der Waals surface area contributed by atoms with Crippen LogP contribution in [-0.4, -0.2) is 33.5 Å². The molecule has 0 atom stereocenters. The average molecular weight is 351 g/mol. The van der Waals surface area contributed by atoms with E-state index in [9.17, 15) is 8.42 Å². The van der Waals surface area contributed by atoms with Gasteiger partial charge in [0, 0.05) is 18.1 Å².